The molecule has 28 heavy (non-hydrogen) atoms. The third-order valence-electron chi connectivity index (χ3n) is 10.1. The zero-order valence-corrected chi connectivity index (χ0v) is 19.7. The number of aliphatic hydroxyl groups excluding tert-OH is 1. The summed E-state index contributed by atoms with van der Waals surface area (Å²) in [6, 6.07) is 0. The third kappa shape index (κ3) is 3.53. The topological polar surface area (TPSA) is 20.2 Å². The van der Waals surface area contributed by atoms with E-state index < -0.39 is 0 Å². The van der Waals surface area contributed by atoms with Gasteiger partial charge in [-0.2, -0.15) is 12.6 Å². The summed E-state index contributed by atoms with van der Waals surface area (Å²) < 4.78 is 0. The fraction of sp³-hybridized carbons (Fsp3) is 0.923. The molecule has 0 bridgehead atoms. The van der Waals surface area contributed by atoms with Crippen molar-refractivity contribution >= 4 is 12.6 Å². The third-order valence-corrected chi connectivity index (χ3v) is 10.4. The summed E-state index contributed by atoms with van der Waals surface area (Å²) >= 11 is 4.58. The van der Waals surface area contributed by atoms with Crippen LogP contribution in [-0.4, -0.2) is 16.5 Å². The maximum absolute atomic E-state index is 10.2. The Labute approximate surface area is 179 Å². The Morgan fingerprint density at radius 2 is 1.86 bits per heavy atom. The van der Waals surface area contributed by atoms with Crippen LogP contribution < -0.4 is 0 Å². The van der Waals surface area contributed by atoms with E-state index in [1.807, 2.05) is 0 Å². The van der Waals surface area contributed by atoms with Crippen LogP contribution in [0.2, 0.25) is 0 Å². The molecule has 9 atom stereocenters. The highest BCUT2D eigenvalue weighted by Gasteiger charge is 2.59. The van der Waals surface area contributed by atoms with Gasteiger partial charge in [0.2, 0.25) is 0 Å². The lowest BCUT2D eigenvalue weighted by Gasteiger charge is -2.58. The van der Waals surface area contributed by atoms with Crippen LogP contribution in [0.5, 0.6) is 0 Å². The van der Waals surface area contributed by atoms with Gasteiger partial charge in [0.05, 0.1) is 6.10 Å². The smallest absolute Gasteiger partial charge is 0.0577 e. The van der Waals surface area contributed by atoms with E-state index in [9.17, 15) is 5.11 Å². The first-order valence-corrected chi connectivity index (χ1v) is 12.8. The summed E-state index contributed by atoms with van der Waals surface area (Å²) in [6.45, 7) is 10.0. The van der Waals surface area contributed by atoms with Crippen molar-refractivity contribution in [3.8, 4) is 0 Å². The normalized spacial score (nSPS) is 47.5. The minimum Gasteiger partial charge on any atom is -0.393 e. The van der Waals surface area contributed by atoms with Gasteiger partial charge in [-0.1, -0.05) is 52.2 Å². The largest absolute Gasteiger partial charge is 0.393 e. The first kappa shape index (κ1) is 21.3. The molecule has 1 N–H and O–H groups in total. The molecule has 0 aromatic heterocycles. The Bertz CT molecular complexity index is 597. The molecular weight excluding hydrogens is 360 g/mol. The van der Waals surface area contributed by atoms with Crippen molar-refractivity contribution in [2.75, 3.05) is 0 Å². The molecule has 4 rings (SSSR count). The molecule has 3 saturated carbocycles. The van der Waals surface area contributed by atoms with E-state index in [2.05, 4.69) is 46.4 Å². The van der Waals surface area contributed by atoms with E-state index >= 15 is 0 Å². The van der Waals surface area contributed by atoms with Gasteiger partial charge < -0.3 is 5.11 Å². The minimum atomic E-state index is -0.0820. The lowest BCUT2D eigenvalue weighted by molar-refractivity contribution is -0.0572. The van der Waals surface area contributed by atoms with Crippen molar-refractivity contribution in [3.63, 3.8) is 0 Å². The molecule has 160 valence electrons. The highest BCUT2D eigenvalue weighted by atomic mass is 32.1. The van der Waals surface area contributed by atoms with Crippen molar-refractivity contribution in [1.29, 1.82) is 0 Å². The van der Waals surface area contributed by atoms with E-state index in [-0.39, 0.29) is 6.10 Å². The summed E-state index contributed by atoms with van der Waals surface area (Å²) in [4.78, 5) is 0. The van der Waals surface area contributed by atoms with E-state index in [4.69, 9.17) is 0 Å². The zero-order valence-electron chi connectivity index (χ0n) is 18.8. The van der Waals surface area contributed by atoms with Crippen LogP contribution in [0.3, 0.4) is 0 Å². The van der Waals surface area contributed by atoms with E-state index in [1.54, 1.807) is 5.57 Å². The van der Waals surface area contributed by atoms with E-state index in [0.717, 1.165) is 42.4 Å². The summed E-state index contributed by atoms with van der Waals surface area (Å²) in [5.74, 6) is 4.51. The summed E-state index contributed by atoms with van der Waals surface area (Å²) in [5.41, 5.74) is 2.57. The fourth-order valence-corrected chi connectivity index (χ4v) is 8.74. The molecule has 1 nitrogen and oxygen atoms in total. The van der Waals surface area contributed by atoms with Gasteiger partial charge in [-0.3, -0.25) is 0 Å². The van der Waals surface area contributed by atoms with Crippen molar-refractivity contribution in [3.05, 3.63) is 11.6 Å². The molecule has 4 aliphatic carbocycles. The number of rotatable bonds is 5. The van der Waals surface area contributed by atoms with E-state index in [0.29, 0.717) is 16.1 Å². The SMILES string of the molecule is CC(S)CCC[C@@H](C)C1CCC2C3CC=C4C[C@@H](O)CC[C@]4(C)C3CC[C@@]21C. The number of hydrogen-bond acceptors (Lipinski definition) is 2. The number of aliphatic hydroxyl groups is 1. The van der Waals surface area contributed by atoms with Gasteiger partial charge in [-0.15, -0.1) is 0 Å². The molecule has 0 spiro atoms. The van der Waals surface area contributed by atoms with Crippen molar-refractivity contribution < 1.29 is 5.11 Å². The average Bonchev–Trinajstić information content (AvgIpc) is 2.99. The fourth-order valence-electron chi connectivity index (χ4n) is 8.55. The maximum atomic E-state index is 10.2. The monoisotopic (exact) mass is 404 g/mol. The maximum Gasteiger partial charge on any atom is 0.0577 e. The quantitative estimate of drug-likeness (QED) is 0.371. The van der Waals surface area contributed by atoms with Crippen LogP contribution in [0.25, 0.3) is 0 Å². The molecule has 0 aromatic rings. The second-order valence-electron chi connectivity index (χ2n) is 11.6. The highest BCUT2D eigenvalue weighted by Crippen LogP contribution is 2.67. The lowest BCUT2D eigenvalue weighted by atomic mass is 9.47. The van der Waals surface area contributed by atoms with Gasteiger partial charge in [0.25, 0.3) is 0 Å². The molecule has 0 aromatic carbocycles. The summed E-state index contributed by atoms with van der Waals surface area (Å²) in [7, 11) is 0. The zero-order chi connectivity index (χ0) is 20.1. The number of hydrogen-bond donors (Lipinski definition) is 2. The second kappa shape index (κ2) is 7.95. The minimum absolute atomic E-state index is 0.0820. The molecule has 0 amide bonds. The second-order valence-corrected chi connectivity index (χ2v) is 12.5. The predicted molar refractivity (Wildman–Crippen MR) is 123 cm³/mol. The van der Waals surface area contributed by atoms with Gasteiger partial charge in [0, 0.05) is 0 Å². The van der Waals surface area contributed by atoms with Gasteiger partial charge in [0.15, 0.2) is 0 Å². The van der Waals surface area contributed by atoms with Gasteiger partial charge in [-0.05, 0) is 103 Å². The van der Waals surface area contributed by atoms with Crippen molar-refractivity contribution in [1.82, 2.24) is 0 Å². The Morgan fingerprint density at radius 1 is 1.07 bits per heavy atom. The number of fused-ring (bicyclic) bond motifs is 5. The van der Waals surface area contributed by atoms with Gasteiger partial charge in [-0.25, -0.2) is 0 Å². The molecule has 0 saturated heterocycles. The number of allylic oxidation sites excluding steroid dienone is 1. The van der Waals surface area contributed by atoms with Crippen LogP contribution >= 0.6 is 12.6 Å². The molecule has 3 fully saturated rings. The lowest BCUT2D eigenvalue weighted by Crippen LogP contribution is -2.50. The summed E-state index contributed by atoms with van der Waals surface area (Å²) in [5, 5.41) is 10.8. The van der Waals surface area contributed by atoms with Crippen LogP contribution in [0.4, 0.5) is 0 Å². The molecule has 4 aliphatic rings. The Morgan fingerprint density at radius 3 is 2.61 bits per heavy atom. The first-order valence-electron chi connectivity index (χ1n) is 12.3. The highest BCUT2D eigenvalue weighted by molar-refractivity contribution is 7.80. The Balaban J connectivity index is 1.49. The molecule has 0 aliphatic heterocycles. The van der Waals surface area contributed by atoms with Crippen LogP contribution in [0.15, 0.2) is 11.6 Å². The molecule has 5 unspecified atom stereocenters. The van der Waals surface area contributed by atoms with Gasteiger partial charge >= 0.3 is 0 Å². The van der Waals surface area contributed by atoms with Crippen LogP contribution in [-0.2, 0) is 0 Å². The Hall–Kier alpha value is 0.0500. The number of thiol groups is 1. The molecule has 2 heteroatoms. The van der Waals surface area contributed by atoms with E-state index in [1.165, 1.54) is 57.8 Å². The predicted octanol–water partition coefficient (Wildman–Crippen LogP) is 7.05. The molecule has 0 heterocycles. The Kier molecular flexibility index (Phi) is 6.04. The van der Waals surface area contributed by atoms with Crippen molar-refractivity contribution in [2.45, 2.75) is 110 Å². The van der Waals surface area contributed by atoms with Gasteiger partial charge in [0.1, 0.15) is 0 Å². The molecular formula is C26H44OS. The van der Waals surface area contributed by atoms with Crippen LogP contribution in [0, 0.1) is 40.4 Å². The first-order chi connectivity index (χ1) is 13.3. The standard InChI is InChI=1S/C26H44OS/c1-17(6-5-7-18(2)28)22-10-11-23-21-9-8-19-16-20(27)12-14-25(19,3)24(21)13-15-26(22,23)4/h8,17-18,20-24,27-28H,5-7,9-16H2,1-4H3/t17-,18?,20+,21?,22?,23?,24?,25+,26-/m1/s1. The van der Waals surface area contributed by atoms with Crippen LogP contribution in [0.1, 0.15) is 98.3 Å². The van der Waals surface area contributed by atoms with Crippen molar-refractivity contribution in [2.24, 2.45) is 40.4 Å². The summed E-state index contributed by atoms with van der Waals surface area (Å²) in [6.07, 6.45) is 16.8. The molecule has 0 radical (unpaired) electrons. The average molecular weight is 405 g/mol.